The highest BCUT2D eigenvalue weighted by Crippen LogP contribution is 2.36. The van der Waals surface area contributed by atoms with E-state index in [1.165, 1.54) is 17.9 Å². The van der Waals surface area contributed by atoms with Gasteiger partial charge < -0.3 is 19.7 Å². The number of carboxylic acid groups (broad SMARTS) is 2. The van der Waals surface area contributed by atoms with Crippen molar-refractivity contribution in [1.82, 2.24) is 19.3 Å². The number of fused-ring (bicyclic) bond motifs is 1. The van der Waals surface area contributed by atoms with Gasteiger partial charge in [-0.2, -0.15) is 0 Å². The van der Waals surface area contributed by atoms with Crippen LogP contribution in [-0.4, -0.2) is 71.0 Å². The summed E-state index contributed by atoms with van der Waals surface area (Å²) in [5.74, 6) is -1.26. The second-order valence-corrected chi connectivity index (χ2v) is 9.85. The fraction of sp³-hybridized carbons (Fsp3) is 0.579. The zero-order valence-electron chi connectivity index (χ0n) is 17.4. The van der Waals surface area contributed by atoms with Gasteiger partial charge in [-0.05, 0) is 44.7 Å². The van der Waals surface area contributed by atoms with Crippen molar-refractivity contribution in [1.29, 1.82) is 0 Å². The second kappa shape index (κ2) is 9.18. The van der Waals surface area contributed by atoms with Crippen LogP contribution >= 0.6 is 0 Å². The number of aliphatic carboxylic acids is 2. The lowest BCUT2D eigenvalue weighted by Crippen LogP contribution is -2.38. The molecule has 0 bridgehead atoms. The van der Waals surface area contributed by atoms with Crippen LogP contribution in [0, 0.1) is 5.92 Å². The molecule has 0 radical (unpaired) electrons. The summed E-state index contributed by atoms with van der Waals surface area (Å²) >= 11 is 0. The first-order chi connectivity index (χ1) is 14.6. The molecule has 0 spiro atoms. The minimum atomic E-state index is -3.24. The molecule has 0 saturated heterocycles. The van der Waals surface area contributed by atoms with Crippen LogP contribution in [0.4, 0.5) is 5.82 Å². The predicted molar refractivity (Wildman–Crippen MR) is 113 cm³/mol. The van der Waals surface area contributed by atoms with Gasteiger partial charge in [-0.1, -0.05) is 0 Å². The zero-order chi connectivity index (χ0) is 22.8. The first-order valence-corrected chi connectivity index (χ1v) is 11.7. The maximum Gasteiger partial charge on any atom is 0.327 e. The topological polar surface area (TPSA) is 155 Å². The van der Waals surface area contributed by atoms with Crippen molar-refractivity contribution in [2.24, 2.45) is 5.92 Å². The Morgan fingerprint density at radius 2 is 1.94 bits per heavy atom. The molecule has 0 aromatic rings. The highest BCUT2D eigenvalue weighted by Gasteiger charge is 2.31. The van der Waals surface area contributed by atoms with E-state index in [0.717, 1.165) is 25.7 Å². The summed E-state index contributed by atoms with van der Waals surface area (Å²) in [6.07, 6.45) is 5.47. The smallest absolute Gasteiger partial charge is 0.327 e. The molecule has 2 heterocycles. The molecule has 11 nitrogen and oxygen atoms in total. The third-order valence-electron chi connectivity index (χ3n) is 5.92. The second-order valence-electron chi connectivity index (χ2n) is 7.88. The van der Waals surface area contributed by atoms with Gasteiger partial charge in [0.05, 0.1) is 24.1 Å². The van der Waals surface area contributed by atoms with Gasteiger partial charge in [0.1, 0.15) is 17.7 Å². The van der Waals surface area contributed by atoms with Crippen LogP contribution in [0.2, 0.25) is 0 Å². The number of hydrogen-bond acceptors (Lipinski definition) is 7. The van der Waals surface area contributed by atoms with E-state index in [-0.39, 0.29) is 17.7 Å². The molecule has 1 unspecified atom stereocenters. The summed E-state index contributed by atoms with van der Waals surface area (Å²) in [5.41, 5.74) is 0.640. The van der Waals surface area contributed by atoms with Crippen LogP contribution in [0.1, 0.15) is 38.1 Å². The van der Waals surface area contributed by atoms with Gasteiger partial charge in [-0.25, -0.2) is 27.9 Å². The molecule has 0 amide bonds. The van der Waals surface area contributed by atoms with Gasteiger partial charge in [-0.15, -0.1) is 0 Å². The van der Waals surface area contributed by atoms with Crippen molar-refractivity contribution in [3.05, 3.63) is 18.6 Å². The Labute approximate surface area is 180 Å². The van der Waals surface area contributed by atoms with E-state index in [1.54, 1.807) is 12.3 Å². The maximum atomic E-state index is 11.8. The standard InChI is InChI=1S/C19H27N5O6S/c1-20-31(29,30)10-12-3-5-13(6-4-12)23(2)17-14-7-8-21-18(14)24(11-22-17)15(19(27)28)9-16(25)26/h7-8,11-13,15,20H,3-6,9-10H2,1-2H3,(H,25,26)(H,27,28). The van der Waals surface area contributed by atoms with Gasteiger partial charge in [-0.3, -0.25) is 4.79 Å². The Morgan fingerprint density at radius 3 is 2.52 bits per heavy atom. The van der Waals surface area contributed by atoms with E-state index in [9.17, 15) is 23.1 Å². The highest BCUT2D eigenvalue weighted by molar-refractivity contribution is 7.89. The number of rotatable bonds is 9. The summed E-state index contributed by atoms with van der Waals surface area (Å²) in [6, 6.07) is 0.575. The van der Waals surface area contributed by atoms with Gasteiger partial charge >= 0.3 is 11.9 Å². The third-order valence-corrected chi connectivity index (χ3v) is 7.45. The van der Waals surface area contributed by atoms with Crippen LogP contribution in [0.5, 0.6) is 0 Å². The molecule has 3 aliphatic rings. The van der Waals surface area contributed by atoms with E-state index in [2.05, 4.69) is 14.7 Å². The molecule has 0 aromatic carbocycles. The van der Waals surface area contributed by atoms with Crippen molar-refractivity contribution in [3.8, 4) is 11.4 Å². The lowest BCUT2D eigenvalue weighted by molar-refractivity contribution is -0.147. The van der Waals surface area contributed by atoms with E-state index in [0.29, 0.717) is 17.2 Å². The molecule has 170 valence electrons. The number of nitrogens with zero attached hydrogens (tertiary/aromatic N) is 4. The molecule has 0 aromatic heterocycles. The largest absolute Gasteiger partial charge is 0.481 e. The van der Waals surface area contributed by atoms with Crippen molar-refractivity contribution in [2.45, 2.75) is 44.2 Å². The Kier molecular flexibility index (Phi) is 6.80. The minimum absolute atomic E-state index is 0.112. The maximum absolute atomic E-state index is 11.8. The van der Waals surface area contributed by atoms with Crippen molar-refractivity contribution in [2.75, 3.05) is 24.7 Å². The molecule has 1 fully saturated rings. The number of carboxylic acids is 2. The lowest BCUT2D eigenvalue weighted by atomic mass is 9.86. The van der Waals surface area contributed by atoms with Crippen LogP contribution in [0.3, 0.4) is 0 Å². The number of anilines is 1. The third kappa shape index (κ3) is 5.13. The molecule has 1 atom stereocenters. The monoisotopic (exact) mass is 453 g/mol. The van der Waals surface area contributed by atoms with Crippen molar-refractivity contribution in [3.63, 3.8) is 0 Å². The molecule has 31 heavy (non-hydrogen) atoms. The number of aromatic nitrogens is 3. The average molecular weight is 454 g/mol. The van der Waals surface area contributed by atoms with Crippen LogP contribution in [0.25, 0.3) is 11.4 Å². The number of hydrogen-bond donors (Lipinski definition) is 3. The van der Waals surface area contributed by atoms with E-state index >= 15 is 0 Å². The van der Waals surface area contributed by atoms with Crippen molar-refractivity contribution < 1.29 is 28.2 Å². The summed E-state index contributed by atoms with van der Waals surface area (Å²) in [7, 11) is 0.0906. The quantitative estimate of drug-likeness (QED) is 0.505. The summed E-state index contributed by atoms with van der Waals surface area (Å²) in [4.78, 5) is 33.4. The summed E-state index contributed by atoms with van der Waals surface area (Å²) in [6.45, 7) is 0. The SMILES string of the molecule is CNS(=O)(=O)CC1CCC(N(C)c2ncn(C(CC(=O)O)C(=O)O)c3nccc2-3)CC1. The molecule has 3 rings (SSSR count). The van der Waals surface area contributed by atoms with Gasteiger partial charge in [0.15, 0.2) is 0 Å². The first kappa shape index (κ1) is 22.9. The highest BCUT2D eigenvalue weighted by atomic mass is 32.2. The fourth-order valence-corrected chi connectivity index (χ4v) is 5.31. The number of carbonyl (C=O) groups is 2. The summed E-state index contributed by atoms with van der Waals surface area (Å²) < 4.78 is 27.3. The average Bonchev–Trinajstić information content (AvgIpc) is 3.21. The minimum Gasteiger partial charge on any atom is -0.481 e. The van der Waals surface area contributed by atoms with E-state index in [1.807, 2.05) is 11.9 Å². The molecular weight excluding hydrogens is 426 g/mol. The zero-order valence-corrected chi connectivity index (χ0v) is 18.2. The molecule has 12 heteroatoms. The molecule has 2 aliphatic heterocycles. The number of nitrogens with one attached hydrogen (secondary N) is 1. The predicted octanol–water partition coefficient (Wildman–Crippen LogP) is 1.03. The summed E-state index contributed by atoms with van der Waals surface area (Å²) in [5, 5.41) is 18.6. The van der Waals surface area contributed by atoms with Crippen LogP contribution in [0.15, 0.2) is 18.6 Å². The number of sulfonamides is 1. The molecule has 3 N–H and O–H groups in total. The first-order valence-electron chi connectivity index (χ1n) is 10.0. The van der Waals surface area contributed by atoms with E-state index in [4.69, 9.17) is 5.11 Å². The Hall–Kier alpha value is -2.73. The Balaban J connectivity index is 1.79. The molecular formula is C19H27N5O6S. The van der Waals surface area contributed by atoms with Crippen LogP contribution in [-0.2, 0) is 19.6 Å². The lowest BCUT2D eigenvalue weighted by Gasteiger charge is -2.36. The fourth-order valence-electron chi connectivity index (χ4n) is 4.19. The van der Waals surface area contributed by atoms with E-state index < -0.39 is 34.4 Å². The normalized spacial score (nSPS) is 20.5. The van der Waals surface area contributed by atoms with Gasteiger partial charge in [0, 0.05) is 19.3 Å². The molecule has 1 aliphatic carbocycles. The Morgan fingerprint density at radius 1 is 1.26 bits per heavy atom. The molecule has 1 saturated carbocycles. The van der Waals surface area contributed by atoms with Crippen LogP contribution < -0.4 is 9.62 Å². The van der Waals surface area contributed by atoms with Gasteiger partial charge in [0.25, 0.3) is 0 Å². The Bertz CT molecular complexity index is 1010. The van der Waals surface area contributed by atoms with Gasteiger partial charge in [0.2, 0.25) is 10.0 Å². The van der Waals surface area contributed by atoms with Crippen molar-refractivity contribution >= 4 is 27.8 Å².